The van der Waals surface area contributed by atoms with Gasteiger partial charge in [-0.2, -0.15) is 0 Å². The summed E-state index contributed by atoms with van der Waals surface area (Å²) < 4.78 is 0. The van der Waals surface area contributed by atoms with E-state index in [1.165, 1.54) is 0 Å². The fraction of sp³-hybridized carbons (Fsp3) is 0.259. The van der Waals surface area contributed by atoms with Gasteiger partial charge in [0.25, 0.3) is 0 Å². The fourth-order valence-electron chi connectivity index (χ4n) is 3.68. The minimum absolute atomic E-state index is 0.0324. The molecule has 0 radical (unpaired) electrons. The molecule has 0 heterocycles. The number of nitrogens with one attached hydrogen (secondary N) is 1. The van der Waals surface area contributed by atoms with E-state index < -0.39 is 6.04 Å². The molecule has 1 atom stereocenters. The van der Waals surface area contributed by atoms with E-state index in [1.54, 1.807) is 29.2 Å². The molecule has 0 fully saturated rings. The molecule has 0 saturated heterocycles. The molecule has 0 spiro atoms. The summed E-state index contributed by atoms with van der Waals surface area (Å²) >= 11 is 19.1. The van der Waals surface area contributed by atoms with Crippen molar-refractivity contribution in [3.63, 3.8) is 0 Å². The summed E-state index contributed by atoms with van der Waals surface area (Å²) in [4.78, 5) is 28.6. The van der Waals surface area contributed by atoms with Gasteiger partial charge in [0.15, 0.2) is 0 Å². The van der Waals surface area contributed by atoms with Gasteiger partial charge in [0.1, 0.15) is 6.04 Å². The average Bonchev–Trinajstić information content (AvgIpc) is 2.83. The fourth-order valence-corrected chi connectivity index (χ4v) is 4.41. The van der Waals surface area contributed by atoms with Gasteiger partial charge in [0.05, 0.1) is 6.42 Å². The Bertz CT molecular complexity index is 1100. The SMILES string of the molecule is CCCNC(=O)[C@@H](Cc1ccccc1)N(Cc1ccccc1Cl)C(=O)Cc1c(Cl)cccc1Cl. The van der Waals surface area contributed by atoms with Crippen molar-refractivity contribution in [3.05, 3.63) is 105 Å². The Hall–Kier alpha value is -2.53. The van der Waals surface area contributed by atoms with E-state index in [4.69, 9.17) is 34.8 Å². The summed E-state index contributed by atoms with van der Waals surface area (Å²) in [6.07, 6.45) is 1.12. The van der Waals surface area contributed by atoms with Crippen molar-refractivity contribution in [1.29, 1.82) is 0 Å². The quantitative estimate of drug-likeness (QED) is 0.340. The summed E-state index contributed by atoms with van der Waals surface area (Å²) in [6, 6.07) is 21.4. The first-order valence-corrected chi connectivity index (χ1v) is 12.3. The minimum atomic E-state index is -0.737. The first-order chi connectivity index (χ1) is 16.4. The Morgan fingerprint density at radius 3 is 2.12 bits per heavy atom. The summed E-state index contributed by atoms with van der Waals surface area (Å²) in [5, 5.41) is 4.31. The van der Waals surface area contributed by atoms with Crippen LogP contribution in [-0.2, 0) is 29.0 Å². The lowest BCUT2D eigenvalue weighted by molar-refractivity contribution is -0.140. The van der Waals surface area contributed by atoms with Crippen LogP contribution in [-0.4, -0.2) is 29.3 Å². The summed E-state index contributed by atoms with van der Waals surface area (Å²) in [6.45, 7) is 2.69. The topological polar surface area (TPSA) is 49.4 Å². The highest BCUT2D eigenvalue weighted by atomic mass is 35.5. The van der Waals surface area contributed by atoms with Crippen LogP contribution in [0.4, 0.5) is 0 Å². The van der Waals surface area contributed by atoms with E-state index in [0.29, 0.717) is 33.6 Å². The lowest BCUT2D eigenvalue weighted by Crippen LogP contribution is -2.51. The Morgan fingerprint density at radius 1 is 0.853 bits per heavy atom. The zero-order valence-electron chi connectivity index (χ0n) is 18.9. The Kier molecular flexibility index (Phi) is 9.82. The van der Waals surface area contributed by atoms with Crippen molar-refractivity contribution in [2.45, 2.75) is 38.8 Å². The van der Waals surface area contributed by atoms with Gasteiger partial charge in [-0.15, -0.1) is 0 Å². The zero-order valence-corrected chi connectivity index (χ0v) is 21.2. The van der Waals surface area contributed by atoms with Crippen LogP contribution in [0.3, 0.4) is 0 Å². The second-order valence-corrected chi connectivity index (χ2v) is 9.21. The van der Waals surface area contributed by atoms with Crippen LogP contribution in [0.15, 0.2) is 72.8 Å². The first kappa shape index (κ1) is 26.1. The molecular weight excluding hydrogens is 491 g/mol. The van der Waals surface area contributed by atoms with Crippen LogP contribution in [0.1, 0.15) is 30.0 Å². The number of benzene rings is 3. The number of rotatable bonds is 10. The molecule has 2 amide bonds. The van der Waals surface area contributed by atoms with Gasteiger partial charge in [-0.05, 0) is 41.3 Å². The molecule has 7 heteroatoms. The summed E-state index contributed by atoms with van der Waals surface area (Å²) in [5.41, 5.74) is 2.24. The molecule has 3 aromatic rings. The molecule has 0 aliphatic carbocycles. The van der Waals surface area contributed by atoms with E-state index in [2.05, 4.69) is 5.32 Å². The lowest BCUT2D eigenvalue weighted by atomic mass is 10.0. The van der Waals surface area contributed by atoms with Gasteiger partial charge in [-0.3, -0.25) is 9.59 Å². The maximum atomic E-state index is 13.7. The number of amides is 2. The number of carbonyl (C=O) groups is 2. The van der Waals surface area contributed by atoms with Crippen LogP contribution in [0, 0.1) is 0 Å². The molecule has 0 aliphatic heterocycles. The summed E-state index contributed by atoms with van der Waals surface area (Å²) in [7, 11) is 0. The smallest absolute Gasteiger partial charge is 0.243 e. The van der Waals surface area contributed by atoms with Crippen molar-refractivity contribution >= 4 is 46.6 Å². The average molecular weight is 518 g/mol. The molecule has 1 N–H and O–H groups in total. The van der Waals surface area contributed by atoms with E-state index >= 15 is 0 Å². The normalized spacial score (nSPS) is 11.6. The number of halogens is 3. The largest absolute Gasteiger partial charge is 0.354 e. The predicted molar refractivity (Wildman–Crippen MR) is 139 cm³/mol. The second-order valence-electron chi connectivity index (χ2n) is 7.99. The maximum absolute atomic E-state index is 13.7. The molecule has 4 nitrogen and oxygen atoms in total. The predicted octanol–water partition coefficient (Wildman–Crippen LogP) is 6.36. The van der Waals surface area contributed by atoms with Gasteiger partial charge in [-0.25, -0.2) is 0 Å². The van der Waals surface area contributed by atoms with Gasteiger partial charge in [-0.1, -0.05) is 96.3 Å². The zero-order chi connectivity index (χ0) is 24.5. The van der Waals surface area contributed by atoms with Crippen LogP contribution >= 0.6 is 34.8 Å². The van der Waals surface area contributed by atoms with Crippen LogP contribution < -0.4 is 5.32 Å². The third kappa shape index (κ3) is 6.99. The molecule has 0 saturated carbocycles. The molecule has 0 bridgehead atoms. The first-order valence-electron chi connectivity index (χ1n) is 11.2. The van der Waals surface area contributed by atoms with Crippen LogP contribution in [0.5, 0.6) is 0 Å². The maximum Gasteiger partial charge on any atom is 0.243 e. The van der Waals surface area contributed by atoms with Gasteiger partial charge in [0, 0.05) is 34.6 Å². The molecular formula is C27H27Cl3N2O2. The van der Waals surface area contributed by atoms with E-state index in [0.717, 1.165) is 17.5 Å². The highest BCUT2D eigenvalue weighted by Gasteiger charge is 2.31. The minimum Gasteiger partial charge on any atom is -0.354 e. The molecule has 0 aromatic heterocycles. The molecule has 3 rings (SSSR count). The third-order valence-electron chi connectivity index (χ3n) is 5.51. The molecule has 0 unspecified atom stereocenters. The number of carbonyl (C=O) groups excluding carboxylic acids is 2. The second kappa shape index (κ2) is 12.8. The molecule has 178 valence electrons. The lowest BCUT2D eigenvalue weighted by Gasteiger charge is -2.32. The van der Waals surface area contributed by atoms with Crippen molar-refractivity contribution < 1.29 is 9.59 Å². The Labute approximate surface area is 215 Å². The van der Waals surface area contributed by atoms with E-state index in [1.807, 2.05) is 55.5 Å². The van der Waals surface area contributed by atoms with Gasteiger partial charge < -0.3 is 10.2 Å². The molecule has 3 aromatic carbocycles. The third-order valence-corrected chi connectivity index (χ3v) is 6.59. The van der Waals surface area contributed by atoms with Gasteiger partial charge >= 0.3 is 0 Å². The highest BCUT2D eigenvalue weighted by molar-refractivity contribution is 6.36. The number of hydrogen-bond donors (Lipinski definition) is 1. The number of nitrogens with zero attached hydrogens (tertiary/aromatic N) is 1. The molecule has 0 aliphatic rings. The monoisotopic (exact) mass is 516 g/mol. The van der Waals surface area contributed by atoms with Crippen molar-refractivity contribution in [2.24, 2.45) is 0 Å². The Balaban J connectivity index is 2.00. The van der Waals surface area contributed by atoms with Crippen molar-refractivity contribution in [2.75, 3.05) is 6.54 Å². The molecule has 34 heavy (non-hydrogen) atoms. The Morgan fingerprint density at radius 2 is 1.47 bits per heavy atom. The van der Waals surface area contributed by atoms with Crippen molar-refractivity contribution in [1.82, 2.24) is 10.2 Å². The van der Waals surface area contributed by atoms with Crippen LogP contribution in [0.25, 0.3) is 0 Å². The van der Waals surface area contributed by atoms with E-state index in [9.17, 15) is 9.59 Å². The van der Waals surface area contributed by atoms with E-state index in [-0.39, 0.29) is 24.8 Å². The van der Waals surface area contributed by atoms with Crippen molar-refractivity contribution in [3.8, 4) is 0 Å². The van der Waals surface area contributed by atoms with Gasteiger partial charge in [0.2, 0.25) is 11.8 Å². The standard InChI is InChI=1S/C27H27Cl3N2O2/c1-2-15-31-27(34)25(16-19-9-4-3-5-10-19)32(18-20-11-6-7-12-22(20)28)26(33)17-21-23(29)13-8-14-24(21)30/h3-14,25H,2,15-18H2,1H3,(H,31,34)/t25-/m1/s1. The highest BCUT2D eigenvalue weighted by Crippen LogP contribution is 2.27. The number of hydrogen-bond acceptors (Lipinski definition) is 2. The van der Waals surface area contributed by atoms with Crippen LogP contribution in [0.2, 0.25) is 15.1 Å². The summed E-state index contributed by atoms with van der Waals surface area (Å²) in [5.74, 6) is -0.473.